The summed E-state index contributed by atoms with van der Waals surface area (Å²) in [6, 6.07) is 38.5. The number of benzene rings is 5. The molecule has 41 heavy (non-hydrogen) atoms. The van der Waals surface area contributed by atoms with Crippen molar-refractivity contribution in [1.29, 1.82) is 0 Å². The molecule has 2 bridgehead atoms. The molecule has 5 aromatic carbocycles. The third-order valence-electron chi connectivity index (χ3n) is 8.90. The van der Waals surface area contributed by atoms with Gasteiger partial charge in [-0.2, -0.15) is 10.1 Å². The molecule has 1 aliphatic heterocycles. The van der Waals surface area contributed by atoms with Gasteiger partial charge in [0.1, 0.15) is 12.4 Å². The molecule has 0 N–H and O–H groups in total. The van der Waals surface area contributed by atoms with E-state index in [0.29, 0.717) is 6.61 Å². The van der Waals surface area contributed by atoms with E-state index in [-0.39, 0.29) is 23.7 Å². The summed E-state index contributed by atoms with van der Waals surface area (Å²) in [6.07, 6.45) is 1.59. The lowest BCUT2D eigenvalue weighted by atomic mass is 9.55. The number of rotatable bonds is 5. The fourth-order valence-electron chi connectivity index (χ4n) is 7.13. The van der Waals surface area contributed by atoms with E-state index in [9.17, 15) is 9.59 Å². The van der Waals surface area contributed by atoms with E-state index in [1.165, 1.54) is 10.8 Å². The molecular formula is C36H26N2O3. The number of imide groups is 1. The monoisotopic (exact) mass is 534 g/mol. The van der Waals surface area contributed by atoms with Crippen LogP contribution in [-0.2, 0) is 16.2 Å². The summed E-state index contributed by atoms with van der Waals surface area (Å²) in [5.41, 5.74) is 6.53. The molecule has 2 atom stereocenters. The zero-order valence-corrected chi connectivity index (χ0v) is 22.2. The third kappa shape index (κ3) is 3.66. The molecular weight excluding hydrogens is 508 g/mol. The highest BCUT2D eigenvalue weighted by Crippen LogP contribution is 2.60. The van der Waals surface area contributed by atoms with Crippen LogP contribution in [0, 0.1) is 11.8 Å². The minimum Gasteiger partial charge on any atom is -0.489 e. The molecule has 1 heterocycles. The predicted molar refractivity (Wildman–Crippen MR) is 158 cm³/mol. The van der Waals surface area contributed by atoms with Crippen LogP contribution in [0.1, 0.15) is 45.2 Å². The average molecular weight is 535 g/mol. The topological polar surface area (TPSA) is 59.0 Å². The fourth-order valence-corrected chi connectivity index (χ4v) is 7.13. The van der Waals surface area contributed by atoms with Crippen LogP contribution in [0.2, 0.25) is 0 Å². The number of carbonyl (C=O) groups is 2. The van der Waals surface area contributed by atoms with Crippen molar-refractivity contribution in [3.8, 4) is 5.75 Å². The Morgan fingerprint density at radius 2 is 1.17 bits per heavy atom. The smallest absolute Gasteiger partial charge is 0.254 e. The molecule has 5 heteroatoms. The van der Waals surface area contributed by atoms with Gasteiger partial charge in [-0.05, 0) is 68.4 Å². The summed E-state index contributed by atoms with van der Waals surface area (Å²) >= 11 is 0. The quantitative estimate of drug-likeness (QED) is 0.188. The van der Waals surface area contributed by atoms with Crippen LogP contribution in [0.25, 0.3) is 10.8 Å². The van der Waals surface area contributed by atoms with Crippen LogP contribution in [0.3, 0.4) is 0 Å². The zero-order chi connectivity index (χ0) is 27.5. The van der Waals surface area contributed by atoms with E-state index in [1.54, 1.807) is 6.21 Å². The van der Waals surface area contributed by atoms with E-state index in [4.69, 9.17) is 4.74 Å². The maximum Gasteiger partial charge on any atom is 0.254 e. The first-order chi connectivity index (χ1) is 20.2. The summed E-state index contributed by atoms with van der Waals surface area (Å²) in [6.45, 7) is 0.460. The summed E-state index contributed by atoms with van der Waals surface area (Å²) < 4.78 is 6.06. The van der Waals surface area contributed by atoms with Gasteiger partial charge in [-0.3, -0.25) is 9.59 Å². The van der Waals surface area contributed by atoms with Crippen LogP contribution in [0.4, 0.5) is 0 Å². The van der Waals surface area contributed by atoms with Crippen molar-refractivity contribution >= 4 is 28.8 Å². The lowest BCUT2D eigenvalue weighted by molar-refractivity contribution is -0.139. The van der Waals surface area contributed by atoms with Crippen molar-refractivity contribution in [3.63, 3.8) is 0 Å². The highest BCUT2D eigenvalue weighted by atomic mass is 16.5. The molecule has 4 aliphatic rings. The summed E-state index contributed by atoms with van der Waals surface area (Å²) in [7, 11) is 0. The van der Waals surface area contributed by atoms with Crippen LogP contribution in [-0.4, -0.2) is 23.0 Å². The molecule has 3 aliphatic carbocycles. The SMILES string of the molecule is O=C1[C@@H]2C3c4ccccc4C(c4ccccc43)[C@H]2C(=O)N1/N=C\c1ccc(OCc2cccc3ccccc23)cc1. The number of fused-ring (bicyclic) bond motifs is 1. The number of hydrogen-bond acceptors (Lipinski definition) is 4. The van der Waals surface area contributed by atoms with Crippen molar-refractivity contribution < 1.29 is 14.3 Å². The van der Waals surface area contributed by atoms with Gasteiger partial charge < -0.3 is 4.74 Å². The van der Waals surface area contributed by atoms with Gasteiger partial charge in [0.25, 0.3) is 11.8 Å². The molecule has 5 nitrogen and oxygen atoms in total. The Kier molecular flexibility index (Phi) is 5.39. The first-order valence-corrected chi connectivity index (χ1v) is 14.0. The molecule has 1 saturated heterocycles. The molecule has 0 radical (unpaired) electrons. The first-order valence-electron chi connectivity index (χ1n) is 14.0. The Bertz CT molecular complexity index is 1760. The largest absolute Gasteiger partial charge is 0.489 e. The Balaban J connectivity index is 1.02. The number of amides is 2. The maximum absolute atomic E-state index is 13.7. The van der Waals surface area contributed by atoms with Gasteiger partial charge in [0.2, 0.25) is 0 Å². The lowest BCUT2D eigenvalue weighted by Crippen LogP contribution is -2.41. The molecule has 0 unspecified atom stereocenters. The third-order valence-corrected chi connectivity index (χ3v) is 8.90. The summed E-state index contributed by atoms with van der Waals surface area (Å²) in [5, 5.41) is 7.90. The number of ether oxygens (including phenoxy) is 1. The Morgan fingerprint density at radius 3 is 1.78 bits per heavy atom. The molecule has 0 aromatic heterocycles. The molecule has 1 fully saturated rings. The van der Waals surface area contributed by atoms with Crippen molar-refractivity contribution in [2.75, 3.05) is 0 Å². The van der Waals surface area contributed by atoms with Gasteiger partial charge in [-0.25, -0.2) is 0 Å². The fraction of sp³-hybridized carbons (Fsp3) is 0.139. The molecule has 5 aromatic rings. The number of nitrogens with zero attached hydrogens (tertiary/aromatic N) is 2. The van der Waals surface area contributed by atoms with Gasteiger partial charge in [0.15, 0.2) is 0 Å². The van der Waals surface area contributed by atoms with Crippen molar-refractivity contribution in [3.05, 3.63) is 149 Å². The van der Waals surface area contributed by atoms with Crippen LogP contribution in [0.5, 0.6) is 5.75 Å². The average Bonchev–Trinajstić information content (AvgIpc) is 3.28. The van der Waals surface area contributed by atoms with Gasteiger partial charge in [0, 0.05) is 11.8 Å². The standard InChI is InChI=1S/C36H26N2O3/c39-35-33-31-27-12-3-4-13-28(27)32(30-15-6-5-14-29(30)31)34(33)36(40)38(35)37-20-22-16-18-25(19-17-22)41-21-24-10-7-9-23-8-1-2-11-26(23)24/h1-20,31-34H,21H2/b37-20-/t31?,32?,33-,34-/m1/s1. The van der Waals surface area contributed by atoms with E-state index < -0.39 is 11.8 Å². The number of hydrogen-bond donors (Lipinski definition) is 0. The first kappa shape index (κ1) is 23.8. The van der Waals surface area contributed by atoms with E-state index in [1.807, 2.05) is 66.7 Å². The van der Waals surface area contributed by atoms with Gasteiger partial charge in [0.05, 0.1) is 18.1 Å². The van der Waals surface area contributed by atoms with Crippen LogP contribution in [0.15, 0.2) is 120 Å². The lowest BCUT2D eigenvalue weighted by Gasteiger charge is -2.45. The van der Waals surface area contributed by atoms with Crippen LogP contribution < -0.4 is 4.74 Å². The minimum atomic E-state index is -0.431. The maximum atomic E-state index is 13.7. The number of hydrazone groups is 1. The second-order valence-electron chi connectivity index (χ2n) is 11.0. The molecule has 198 valence electrons. The molecule has 2 amide bonds. The van der Waals surface area contributed by atoms with E-state index in [2.05, 4.69) is 53.6 Å². The second-order valence-corrected chi connectivity index (χ2v) is 11.0. The van der Waals surface area contributed by atoms with Crippen molar-refractivity contribution in [1.82, 2.24) is 5.01 Å². The summed E-state index contributed by atoms with van der Waals surface area (Å²) in [5.74, 6) is -0.824. The Labute approximate surface area is 237 Å². The summed E-state index contributed by atoms with van der Waals surface area (Å²) in [4.78, 5) is 27.4. The van der Waals surface area contributed by atoms with Gasteiger partial charge in [-0.15, -0.1) is 0 Å². The van der Waals surface area contributed by atoms with Gasteiger partial charge >= 0.3 is 0 Å². The van der Waals surface area contributed by atoms with Gasteiger partial charge in [-0.1, -0.05) is 91.0 Å². The van der Waals surface area contributed by atoms with Crippen molar-refractivity contribution in [2.45, 2.75) is 18.4 Å². The van der Waals surface area contributed by atoms with E-state index in [0.717, 1.165) is 44.1 Å². The predicted octanol–water partition coefficient (Wildman–Crippen LogP) is 6.64. The zero-order valence-electron chi connectivity index (χ0n) is 22.2. The highest BCUT2D eigenvalue weighted by Gasteiger charge is 2.61. The molecule has 0 spiro atoms. The Morgan fingerprint density at radius 1 is 0.634 bits per heavy atom. The molecule has 9 rings (SSSR count). The van der Waals surface area contributed by atoms with Crippen molar-refractivity contribution in [2.24, 2.45) is 16.9 Å². The highest BCUT2D eigenvalue weighted by molar-refractivity contribution is 6.08. The second kappa shape index (κ2) is 9.27. The van der Waals surface area contributed by atoms with E-state index >= 15 is 0 Å². The number of carbonyl (C=O) groups excluding carboxylic acids is 2. The molecule has 0 saturated carbocycles. The Hall–Kier alpha value is -5.03. The minimum absolute atomic E-state index is 0.132. The van der Waals surface area contributed by atoms with Crippen LogP contribution >= 0.6 is 0 Å². The normalized spacial score (nSPS) is 22.2.